The maximum Gasteiger partial charge on any atom is 0.225 e. The molecule has 1 heterocycles. The second-order valence-corrected chi connectivity index (χ2v) is 7.32. The van der Waals surface area contributed by atoms with Crippen LogP contribution in [0.1, 0.15) is 47.5 Å². The highest BCUT2D eigenvalue weighted by Gasteiger charge is 2.33. The number of guanidine groups is 1. The Morgan fingerprint density at radius 1 is 1.29 bits per heavy atom. The number of carbonyl (C=O) groups is 1. The van der Waals surface area contributed by atoms with Crippen molar-refractivity contribution >= 4 is 11.9 Å². The normalized spacial score (nSPS) is 23.3. The molecule has 1 rings (SSSR count). The first-order chi connectivity index (χ1) is 9.72. The molecular weight excluding hydrogens is 264 g/mol. The van der Waals surface area contributed by atoms with Crippen molar-refractivity contribution in [2.45, 2.75) is 47.5 Å². The van der Waals surface area contributed by atoms with Crippen LogP contribution in [-0.2, 0) is 4.79 Å². The second kappa shape index (κ2) is 7.14. The molecule has 1 aliphatic rings. The minimum atomic E-state index is -0.334. The lowest BCUT2D eigenvalue weighted by molar-refractivity contribution is -0.128. The van der Waals surface area contributed by atoms with Crippen LogP contribution in [-0.4, -0.2) is 50.0 Å². The zero-order chi connectivity index (χ0) is 16.1. The van der Waals surface area contributed by atoms with Gasteiger partial charge in [0.15, 0.2) is 5.96 Å². The number of rotatable bonds is 4. The number of nitrogens with one attached hydrogen (secondary N) is 2. The lowest BCUT2D eigenvalue weighted by Crippen LogP contribution is -2.45. The zero-order valence-corrected chi connectivity index (χ0v) is 14.5. The molecule has 0 spiro atoms. The topological polar surface area (TPSA) is 56.7 Å². The summed E-state index contributed by atoms with van der Waals surface area (Å²) in [6.45, 7) is 13.8. The van der Waals surface area contributed by atoms with Gasteiger partial charge in [0.1, 0.15) is 0 Å². The summed E-state index contributed by atoms with van der Waals surface area (Å²) in [5.74, 6) is 1.02. The summed E-state index contributed by atoms with van der Waals surface area (Å²) in [6.07, 6.45) is 2.41. The average Bonchev–Trinajstić information content (AvgIpc) is 2.81. The van der Waals surface area contributed by atoms with Gasteiger partial charge in [-0.2, -0.15) is 0 Å². The number of hydrogen-bond donors (Lipinski definition) is 2. The quantitative estimate of drug-likeness (QED) is 0.473. The van der Waals surface area contributed by atoms with Crippen molar-refractivity contribution in [1.29, 1.82) is 0 Å². The first-order valence-corrected chi connectivity index (χ1v) is 7.96. The van der Waals surface area contributed by atoms with Crippen LogP contribution in [0.2, 0.25) is 0 Å². The van der Waals surface area contributed by atoms with Gasteiger partial charge in [-0.3, -0.25) is 9.79 Å². The fraction of sp³-hybridized carbons (Fsp3) is 0.875. The molecule has 0 aromatic rings. The number of hydrogen-bond acceptors (Lipinski definition) is 2. The van der Waals surface area contributed by atoms with Gasteiger partial charge in [0.05, 0.1) is 0 Å². The minimum Gasteiger partial charge on any atom is -0.354 e. The van der Waals surface area contributed by atoms with Crippen LogP contribution in [0.5, 0.6) is 0 Å². The van der Waals surface area contributed by atoms with Gasteiger partial charge in [0.2, 0.25) is 5.91 Å². The Labute approximate surface area is 129 Å². The van der Waals surface area contributed by atoms with Gasteiger partial charge in [-0.15, -0.1) is 0 Å². The van der Waals surface area contributed by atoms with E-state index in [1.807, 2.05) is 27.8 Å². The van der Waals surface area contributed by atoms with Gasteiger partial charge >= 0.3 is 0 Å². The van der Waals surface area contributed by atoms with E-state index >= 15 is 0 Å². The Balaban J connectivity index is 2.35. The average molecular weight is 296 g/mol. The predicted molar refractivity (Wildman–Crippen MR) is 88.4 cm³/mol. The van der Waals surface area contributed by atoms with E-state index in [2.05, 4.69) is 34.4 Å². The molecule has 0 aromatic heterocycles. The van der Waals surface area contributed by atoms with Crippen LogP contribution in [0.25, 0.3) is 0 Å². The van der Waals surface area contributed by atoms with Gasteiger partial charge in [-0.05, 0) is 18.3 Å². The zero-order valence-electron chi connectivity index (χ0n) is 14.5. The van der Waals surface area contributed by atoms with Crippen LogP contribution in [0.4, 0.5) is 0 Å². The van der Waals surface area contributed by atoms with Gasteiger partial charge in [0, 0.05) is 38.6 Å². The highest BCUT2D eigenvalue weighted by molar-refractivity contribution is 5.82. The summed E-state index contributed by atoms with van der Waals surface area (Å²) in [5.41, 5.74) is 0.0671. The van der Waals surface area contributed by atoms with Gasteiger partial charge in [-0.1, -0.05) is 34.6 Å². The van der Waals surface area contributed by atoms with Crippen molar-refractivity contribution in [2.24, 2.45) is 15.8 Å². The van der Waals surface area contributed by atoms with E-state index in [0.29, 0.717) is 18.5 Å². The van der Waals surface area contributed by atoms with Gasteiger partial charge < -0.3 is 15.5 Å². The molecule has 1 aliphatic heterocycles. The van der Waals surface area contributed by atoms with E-state index in [0.717, 1.165) is 19.0 Å². The molecule has 5 nitrogen and oxygen atoms in total. The standard InChI is InChI=1S/C16H32N4O/c1-7-16(5)8-11-20(12-16)14(17-6)19-10-9-18-13(21)15(2,3)4/h7-12H2,1-6H3,(H,17,19)(H,18,21). The van der Waals surface area contributed by atoms with E-state index in [9.17, 15) is 4.79 Å². The number of amides is 1. The first kappa shape index (κ1) is 17.8. The summed E-state index contributed by atoms with van der Waals surface area (Å²) in [5, 5.41) is 6.29. The third-order valence-electron chi connectivity index (χ3n) is 4.30. The summed E-state index contributed by atoms with van der Waals surface area (Å²) >= 11 is 0. The maximum absolute atomic E-state index is 11.8. The third kappa shape index (κ3) is 5.21. The van der Waals surface area contributed by atoms with E-state index in [4.69, 9.17) is 0 Å². The molecule has 2 N–H and O–H groups in total. The molecule has 1 fully saturated rings. The van der Waals surface area contributed by atoms with E-state index in [1.165, 1.54) is 12.8 Å². The Bertz CT molecular complexity index is 386. The molecule has 0 saturated carbocycles. The second-order valence-electron chi connectivity index (χ2n) is 7.32. The highest BCUT2D eigenvalue weighted by atomic mass is 16.2. The molecule has 1 saturated heterocycles. The Kier molecular flexibility index (Phi) is 6.05. The van der Waals surface area contributed by atoms with Crippen LogP contribution >= 0.6 is 0 Å². The van der Waals surface area contributed by atoms with Gasteiger partial charge in [-0.25, -0.2) is 0 Å². The fourth-order valence-corrected chi connectivity index (χ4v) is 2.44. The van der Waals surface area contributed by atoms with Crippen LogP contribution < -0.4 is 10.6 Å². The summed E-state index contributed by atoms with van der Waals surface area (Å²) in [4.78, 5) is 18.4. The first-order valence-electron chi connectivity index (χ1n) is 7.96. The molecule has 1 unspecified atom stereocenters. The highest BCUT2D eigenvalue weighted by Crippen LogP contribution is 2.32. The van der Waals surface area contributed by atoms with Crippen molar-refractivity contribution in [1.82, 2.24) is 15.5 Å². The molecule has 0 aliphatic carbocycles. The Hall–Kier alpha value is -1.26. The molecule has 0 aromatic carbocycles. The minimum absolute atomic E-state index is 0.0824. The third-order valence-corrected chi connectivity index (χ3v) is 4.30. The molecule has 1 atom stereocenters. The van der Waals surface area contributed by atoms with E-state index in [-0.39, 0.29) is 11.3 Å². The number of aliphatic imine (C=N–C) groups is 1. The maximum atomic E-state index is 11.8. The molecule has 0 radical (unpaired) electrons. The molecule has 1 amide bonds. The van der Waals surface area contributed by atoms with Crippen molar-refractivity contribution in [3.63, 3.8) is 0 Å². The monoisotopic (exact) mass is 296 g/mol. The number of carbonyl (C=O) groups excluding carboxylic acids is 1. The van der Waals surface area contributed by atoms with E-state index in [1.54, 1.807) is 0 Å². The van der Waals surface area contributed by atoms with Crippen LogP contribution in [0, 0.1) is 10.8 Å². The fourth-order valence-electron chi connectivity index (χ4n) is 2.44. The lowest BCUT2D eigenvalue weighted by Gasteiger charge is -2.25. The molecule has 21 heavy (non-hydrogen) atoms. The summed E-state index contributed by atoms with van der Waals surface area (Å²) < 4.78 is 0. The van der Waals surface area contributed by atoms with Crippen LogP contribution in [0.15, 0.2) is 4.99 Å². The largest absolute Gasteiger partial charge is 0.354 e. The molecule has 122 valence electrons. The Morgan fingerprint density at radius 2 is 1.90 bits per heavy atom. The number of nitrogens with zero attached hydrogens (tertiary/aromatic N) is 2. The van der Waals surface area contributed by atoms with E-state index < -0.39 is 0 Å². The number of likely N-dealkylation sites (tertiary alicyclic amines) is 1. The predicted octanol–water partition coefficient (Wildman–Crippen LogP) is 1.85. The SMILES string of the molecule is CCC1(C)CCN(C(=NC)NCCNC(=O)C(C)(C)C)C1. The summed E-state index contributed by atoms with van der Waals surface area (Å²) in [7, 11) is 1.82. The molecule has 0 bridgehead atoms. The lowest BCUT2D eigenvalue weighted by atomic mass is 9.87. The Morgan fingerprint density at radius 3 is 2.38 bits per heavy atom. The smallest absolute Gasteiger partial charge is 0.225 e. The van der Waals surface area contributed by atoms with Crippen molar-refractivity contribution in [2.75, 3.05) is 33.2 Å². The van der Waals surface area contributed by atoms with Crippen LogP contribution in [0.3, 0.4) is 0 Å². The summed E-state index contributed by atoms with van der Waals surface area (Å²) in [6, 6.07) is 0. The molecule has 5 heteroatoms. The molecular formula is C16H32N4O. The van der Waals surface area contributed by atoms with Crippen molar-refractivity contribution < 1.29 is 4.79 Å². The van der Waals surface area contributed by atoms with Crippen molar-refractivity contribution in [3.8, 4) is 0 Å². The van der Waals surface area contributed by atoms with Gasteiger partial charge in [0.25, 0.3) is 0 Å². The van der Waals surface area contributed by atoms with Crippen molar-refractivity contribution in [3.05, 3.63) is 0 Å².